The van der Waals surface area contributed by atoms with Crippen molar-refractivity contribution in [2.45, 2.75) is 18.9 Å². The van der Waals surface area contributed by atoms with Crippen molar-refractivity contribution >= 4 is 28.3 Å². The summed E-state index contributed by atoms with van der Waals surface area (Å²) in [5.74, 6) is 0.790. The van der Waals surface area contributed by atoms with E-state index in [1.807, 2.05) is 59.3 Å². The van der Waals surface area contributed by atoms with Crippen LogP contribution in [0.3, 0.4) is 0 Å². The Morgan fingerprint density at radius 1 is 1.04 bits per heavy atom. The van der Waals surface area contributed by atoms with Crippen LogP contribution in [0.1, 0.15) is 23.0 Å². The predicted octanol–water partition coefficient (Wildman–Crippen LogP) is 4.27. The summed E-state index contributed by atoms with van der Waals surface area (Å²) in [7, 11) is 0. The summed E-state index contributed by atoms with van der Waals surface area (Å²) in [6.07, 6.45) is 1.07. The van der Waals surface area contributed by atoms with Gasteiger partial charge in [0.2, 0.25) is 5.91 Å². The standard InChI is InChI=1S/C21H19N3OS/c25-20(13-16-10-11-26-14-16)22-19(12-15-6-2-1-3-7-15)21-23-17-8-4-5-9-18(17)24-21/h1-11,14,19H,12-13H2,(H,22,25)(H,23,24)/t19-/m0/s1. The summed E-state index contributed by atoms with van der Waals surface area (Å²) in [5, 5.41) is 7.15. The van der Waals surface area contributed by atoms with Crippen molar-refractivity contribution in [1.29, 1.82) is 0 Å². The second-order valence-electron chi connectivity index (χ2n) is 6.26. The number of hydrogen-bond donors (Lipinski definition) is 2. The van der Waals surface area contributed by atoms with Gasteiger partial charge < -0.3 is 10.3 Å². The Balaban J connectivity index is 1.59. The van der Waals surface area contributed by atoms with Gasteiger partial charge in [-0.15, -0.1) is 0 Å². The minimum absolute atomic E-state index is 0.00443. The molecule has 0 aliphatic heterocycles. The average Bonchev–Trinajstić information content (AvgIpc) is 3.31. The third-order valence-corrected chi connectivity index (χ3v) is 5.03. The van der Waals surface area contributed by atoms with Gasteiger partial charge in [-0.2, -0.15) is 11.3 Å². The van der Waals surface area contributed by atoms with E-state index >= 15 is 0 Å². The van der Waals surface area contributed by atoms with Gasteiger partial charge in [-0.25, -0.2) is 4.98 Å². The molecule has 2 aromatic carbocycles. The van der Waals surface area contributed by atoms with E-state index in [9.17, 15) is 4.79 Å². The van der Waals surface area contributed by atoms with E-state index in [0.29, 0.717) is 12.8 Å². The van der Waals surface area contributed by atoms with E-state index in [1.165, 1.54) is 0 Å². The summed E-state index contributed by atoms with van der Waals surface area (Å²) >= 11 is 1.60. The molecule has 1 atom stereocenters. The Morgan fingerprint density at radius 3 is 2.62 bits per heavy atom. The SMILES string of the molecule is O=C(Cc1ccsc1)N[C@@H](Cc1ccccc1)c1nc2ccccc2[nH]1. The summed E-state index contributed by atoms with van der Waals surface area (Å²) in [5.41, 5.74) is 4.09. The van der Waals surface area contributed by atoms with Crippen molar-refractivity contribution in [3.8, 4) is 0 Å². The minimum Gasteiger partial charge on any atom is -0.346 e. The molecular weight excluding hydrogens is 342 g/mol. The lowest BCUT2D eigenvalue weighted by Gasteiger charge is -2.17. The number of carbonyl (C=O) groups excluding carboxylic acids is 1. The van der Waals surface area contributed by atoms with Gasteiger partial charge in [-0.05, 0) is 46.5 Å². The first-order valence-electron chi connectivity index (χ1n) is 8.57. The fraction of sp³-hybridized carbons (Fsp3) is 0.143. The summed E-state index contributed by atoms with van der Waals surface area (Å²) < 4.78 is 0. The third kappa shape index (κ3) is 3.83. The monoisotopic (exact) mass is 361 g/mol. The van der Waals surface area contributed by atoms with Gasteiger partial charge in [-0.1, -0.05) is 42.5 Å². The Morgan fingerprint density at radius 2 is 1.85 bits per heavy atom. The molecule has 4 rings (SSSR count). The molecule has 5 heteroatoms. The second-order valence-corrected chi connectivity index (χ2v) is 7.04. The zero-order valence-electron chi connectivity index (χ0n) is 14.2. The topological polar surface area (TPSA) is 57.8 Å². The second kappa shape index (κ2) is 7.54. The molecule has 26 heavy (non-hydrogen) atoms. The molecular formula is C21H19N3OS. The summed E-state index contributed by atoms with van der Waals surface area (Å²) in [6, 6.07) is 19.9. The number of thiophene rings is 1. The zero-order valence-corrected chi connectivity index (χ0v) is 15.0. The predicted molar refractivity (Wildman–Crippen MR) is 105 cm³/mol. The van der Waals surface area contributed by atoms with Crippen LogP contribution < -0.4 is 5.32 Å². The maximum absolute atomic E-state index is 12.6. The van der Waals surface area contributed by atoms with E-state index in [-0.39, 0.29) is 11.9 Å². The van der Waals surface area contributed by atoms with Crippen LogP contribution in [0.4, 0.5) is 0 Å². The van der Waals surface area contributed by atoms with Gasteiger partial charge in [0.05, 0.1) is 23.5 Å². The molecule has 0 saturated heterocycles. The van der Waals surface area contributed by atoms with Crippen molar-refractivity contribution in [2.24, 2.45) is 0 Å². The highest BCUT2D eigenvalue weighted by Crippen LogP contribution is 2.20. The lowest BCUT2D eigenvalue weighted by atomic mass is 10.0. The number of fused-ring (bicyclic) bond motifs is 1. The van der Waals surface area contributed by atoms with E-state index in [0.717, 1.165) is 28.0 Å². The largest absolute Gasteiger partial charge is 0.346 e. The van der Waals surface area contributed by atoms with Crippen LogP contribution in [0.15, 0.2) is 71.4 Å². The van der Waals surface area contributed by atoms with Gasteiger partial charge in [0.25, 0.3) is 0 Å². The first kappa shape index (κ1) is 16.5. The fourth-order valence-electron chi connectivity index (χ4n) is 3.03. The Hall–Kier alpha value is -2.92. The number of hydrogen-bond acceptors (Lipinski definition) is 3. The van der Waals surface area contributed by atoms with Gasteiger partial charge in [0.1, 0.15) is 5.82 Å². The number of para-hydroxylation sites is 2. The molecule has 2 N–H and O–H groups in total. The number of nitrogens with zero attached hydrogens (tertiary/aromatic N) is 1. The number of H-pyrrole nitrogens is 1. The maximum atomic E-state index is 12.6. The van der Waals surface area contributed by atoms with E-state index < -0.39 is 0 Å². The Kier molecular flexibility index (Phi) is 4.80. The number of amides is 1. The van der Waals surface area contributed by atoms with Crippen LogP contribution in [0.25, 0.3) is 11.0 Å². The highest BCUT2D eigenvalue weighted by Gasteiger charge is 2.19. The molecule has 130 valence electrons. The number of imidazole rings is 1. The van der Waals surface area contributed by atoms with Crippen molar-refractivity contribution in [1.82, 2.24) is 15.3 Å². The summed E-state index contributed by atoms with van der Waals surface area (Å²) in [6.45, 7) is 0. The average molecular weight is 361 g/mol. The molecule has 0 spiro atoms. The number of benzene rings is 2. The molecule has 0 saturated carbocycles. The van der Waals surface area contributed by atoms with Crippen LogP contribution in [-0.2, 0) is 17.6 Å². The smallest absolute Gasteiger partial charge is 0.225 e. The molecule has 4 aromatic rings. The van der Waals surface area contributed by atoms with E-state index in [1.54, 1.807) is 11.3 Å². The molecule has 1 amide bonds. The van der Waals surface area contributed by atoms with Crippen LogP contribution in [-0.4, -0.2) is 15.9 Å². The van der Waals surface area contributed by atoms with Gasteiger partial charge in [0, 0.05) is 0 Å². The van der Waals surface area contributed by atoms with E-state index in [4.69, 9.17) is 4.98 Å². The number of aromatic nitrogens is 2. The van der Waals surface area contributed by atoms with Gasteiger partial charge in [-0.3, -0.25) is 4.79 Å². The normalized spacial score (nSPS) is 12.2. The quantitative estimate of drug-likeness (QED) is 0.539. The van der Waals surface area contributed by atoms with Crippen LogP contribution in [0.5, 0.6) is 0 Å². The Labute approximate surface area is 155 Å². The maximum Gasteiger partial charge on any atom is 0.225 e. The highest BCUT2D eigenvalue weighted by atomic mass is 32.1. The first-order valence-corrected chi connectivity index (χ1v) is 9.51. The number of rotatable bonds is 6. The van der Waals surface area contributed by atoms with Gasteiger partial charge >= 0.3 is 0 Å². The van der Waals surface area contributed by atoms with Crippen molar-refractivity contribution in [3.05, 3.63) is 88.4 Å². The lowest BCUT2D eigenvalue weighted by Crippen LogP contribution is -2.31. The van der Waals surface area contributed by atoms with Crippen molar-refractivity contribution in [2.75, 3.05) is 0 Å². The minimum atomic E-state index is -0.198. The Bertz CT molecular complexity index is 959. The molecule has 2 heterocycles. The molecule has 4 nitrogen and oxygen atoms in total. The van der Waals surface area contributed by atoms with Crippen LogP contribution >= 0.6 is 11.3 Å². The number of aromatic amines is 1. The fourth-order valence-corrected chi connectivity index (χ4v) is 3.70. The van der Waals surface area contributed by atoms with Gasteiger partial charge in [0.15, 0.2) is 0 Å². The molecule has 0 radical (unpaired) electrons. The lowest BCUT2D eigenvalue weighted by molar-refractivity contribution is -0.121. The molecule has 0 fully saturated rings. The molecule has 0 bridgehead atoms. The molecule has 0 unspecified atom stereocenters. The number of nitrogens with one attached hydrogen (secondary N) is 2. The van der Waals surface area contributed by atoms with Crippen molar-refractivity contribution < 1.29 is 4.79 Å². The molecule has 2 aromatic heterocycles. The van der Waals surface area contributed by atoms with E-state index in [2.05, 4.69) is 22.4 Å². The third-order valence-electron chi connectivity index (χ3n) is 4.30. The first-order chi connectivity index (χ1) is 12.8. The zero-order chi connectivity index (χ0) is 17.8. The van der Waals surface area contributed by atoms with Crippen LogP contribution in [0, 0.1) is 0 Å². The highest BCUT2D eigenvalue weighted by molar-refractivity contribution is 7.08. The molecule has 0 aliphatic rings. The number of carbonyl (C=O) groups is 1. The summed E-state index contributed by atoms with van der Waals surface area (Å²) in [4.78, 5) is 20.6. The van der Waals surface area contributed by atoms with Crippen molar-refractivity contribution in [3.63, 3.8) is 0 Å². The van der Waals surface area contributed by atoms with Crippen LogP contribution in [0.2, 0.25) is 0 Å². The molecule has 0 aliphatic carbocycles.